The molecule has 0 aliphatic carbocycles. The summed E-state index contributed by atoms with van der Waals surface area (Å²) in [5.41, 5.74) is 2.77. The minimum atomic E-state index is 0.722. The molecule has 2 atom stereocenters. The van der Waals surface area contributed by atoms with Crippen molar-refractivity contribution < 1.29 is 0 Å². The van der Waals surface area contributed by atoms with E-state index in [0.29, 0.717) is 0 Å². The molecule has 2 unspecified atom stereocenters. The van der Waals surface area contributed by atoms with E-state index in [1.165, 1.54) is 47.8 Å². The highest BCUT2D eigenvalue weighted by atomic mass is 79.9. The number of benzene rings is 1. The first-order valence-corrected chi connectivity index (χ1v) is 8.75. The molecule has 2 saturated heterocycles. The number of fused-ring (bicyclic) bond motifs is 2. The van der Waals surface area contributed by atoms with Crippen LogP contribution in [-0.4, -0.2) is 24.7 Å². The van der Waals surface area contributed by atoms with Crippen LogP contribution >= 0.6 is 15.9 Å². The number of nitrogens with zero attached hydrogens (tertiary/aromatic N) is 1. The van der Waals surface area contributed by atoms with E-state index in [0.717, 1.165) is 24.7 Å². The molecular weight excluding hydrogens is 312 g/mol. The van der Waals surface area contributed by atoms with Gasteiger partial charge in [-0.3, -0.25) is 0 Å². The van der Waals surface area contributed by atoms with Crippen LogP contribution in [0, 0.1) is 6.92 Å². The van der Waals surface area contributed by atoms with Gasteiger partial charge in [0.1, 0.15) is 0 Å². The Morgan fingerprint density at radius 3 is 2.50 bits per heavy atom. The summed E-state index contributed by atoms with van der Waals surface area (Å²) in [6.07, 6.45) is 6.71. The monoisotopic (exact) mass is 336 g/mol. The Hall–Kier alpha value is -0.540. The number of nitrogens with one attached hydrogen (secondary N) is 1. The van der Waals surface area contributed by atoms with Crippen LogP contribution in [0.3, 0.4) is 0 Å². The third-order valence-corrected chi connectivity index (χ3v) is 5.25. The van der Waals surface area contributed by atoms with Gasteiger partial charge in [-0.15, -0.1) is 0 Å². The lowest BCUT2D eigenvalue weighted by atomic mass is 9.81. The second kappa shape index (κ2) is 6.07. The van der Waals surface area contributed by atoms with Gasteiger partial charge >= 0.3 is 0 Å². The number of anilines is 1. The fourth-order valence-corrected chi connectivity index (χ4v) is 4.72. The molecule has 3 heteroatoms. The van der Waals surface area contributed by atoms with E-state index in [-0.39, 0.29) is 0 Å². The first-order valence-electron chi connectivity index (χ1n) is 7.96. The van der Waals surface area contributed by atoms with Crippen LogP contribution < -0.4 is 10.2 Å². The Morgan fingerprint density at radius 1 is 1.20 bits per heavy atom. The zero-order valence-corrected chi connectivity index (χ0v) is 14.1. The number of rotatable bonds is 3. The fourth-order valence-electron chi connectivity index (χ4n) is 4.12. The number of piperidine rings is 2. The van der Waals surface area contributed by atoms with Crippen LogP contribution in [0.4, 0.5) is 5.69 Å². The number of aryl methyl sites for hydroxylation is 1. The molecule has 0 spiro atoms. The molecule has 0 saturated carbocycles. The smallest absolute Gasteiger partial charge is 0.0385 e. The van der Waals surface area contributed by atoms with Gasteiger partial charge in [-0.1, -0.05) is 22.9 Å². The Bertz CT molecular complexity index is 440. The van der Waals surface area contributed by atoms with Crippen molar-refractivity contribution in [2.75, 3.05) is 11.4 Å². The van der Waals surface area contributed by atoms with Crippen molar-refractivity contribution >= 4 is 21.6 Å². The molecule has 1 N–H and O–H groups in total. The predicted octanol–water partition coefficient (Wildman–Crippen LogP) is 4.26. The quantitative estimate of drug-likeness (QED) is 0.887. The molecule has 0 aromatic heterocycles. The molecule has 20 heavy (non-hydrogen) atoms. The average molecular weight is 337 g/mol. The summed E-state index contributed by atoms with van der Waals surface area (Å²) in [6.45, 7) is 5.51. The molecule has 110 valence electrons. The van der Waals surface area contributed by atoms with Gasteiger partial charge in [-0.25, -0.2) is 0 Å². The standard InChI is InChI=1S/C17H25BrN2/c1-3-19-14-10-15-5-4-6-16(11-14)20(15)17-8-12(2)7-13(18)9-17/h7-9,14-16,19H,3-6,10-11H2,1-2H3. The van der Waals surface area contributed by atoms with E-state index >= 15 is 0 Å². The van der Waals surface area contributed by atoms with Crippen LogP contribution in [0.15, 0.2) is 22.7 Å². The molecule has 0 radical (unpaired) electrons. The summed E-state index contributed by atoms with van der Waals surface area (Å²) in [5, 5.41) is 3.67. The maximum atomic E-state index is 3.67. The van der Waals surface area contributed by atoms with Gasteiger partial charge in [0, 0.05) is 28.3 Å². The predicted molar refractivity (Wildman–Crippen MR) is 89.5 cm³/mol. The van der Waals surface area contributed by atoms with E-state index in [2.05, 4.69) is 58.2 Å². The number of hydrogen-bond donors (Lipinski definition) is 1. The largest absolute Gasteiger partial charge is 0.365 e. The van der Waals surface area contributed by atoms with Crippen LogP contribution in [0.1, 0.15) is 44.6 Å². The molecule has 2 aliphatic heterocycles. The first kappa shape index (κ1) is 14.4. The molecule has 2 fully saturated rings. The van der Waals surface area contributed by atoms with Crippen molar-refractivity contribution in [3.63, 3.8) is 0 Å². The highest BCUT2D eigenvalue weighted by Gasteiger charge is 2.38. The minimum Gasteiger partial charge on any atom is -0.365 e. The lowest BCUT2D eigenvalue weighted by molar-refractivity contribution is 0.247. The van der Waals surface area contributed by atoms with Crippen molar-refractivity contribution in [2.24, 2.45) is 0 Å². The van der Waals surface area contributed by atoms with E-state index in [1.807, 2.05) is 0 Å². The number of halogens is 1. The first-order chi connectivity index (χ1) is 9.67. The zero-order valence-electron chi connectivity index (χ0n) is 12.5. The Balaban J connectivity index is 1.86. The fraction of sp³-hybridized carbons (Fsp3) is 0.647. The highest BCUT2D eigenvalue weighted by Crippen LogP contribution is 2.38. The summed E-state index contributed by atoms with van der Waals surface area (Å²) in [6, 6.07) is 9.01. The Morgan fingerprint density at radius 2 is 1.90 bits per heavy atom. The van der Waals surface area contributed by atoms with Crippen LogP contribution in [0.2, 0.25) is 0 Å². The van der Waals surface area contributed by atoms with Gasteiger partial charge in [0.05, 0.1) is 0 Å². The molecule has 2 bridgehead atoms. The second-order valence-corrected chi connectivity index (χ2v) is 7.27. The van der Waals surface area contributed by atoms with E-state index < -0.39 is 0 Å². The molecule has 0 amide bonds. The maximum absolute atomic E-state index is 3.67. The normalized spacial score (nSPS) is 29.6. The summed E-state index contributed by atoms with van der Waals surface area (Å²) >= 11 is 3.66. The van der Waals surface area contributed by atoms with E-state index in [1.54, 1.807) is 0 Å². The lowest BCUT2D eigenvalue weighted by Crippen LogP contribution is -2.56. The molecule has 1 aromatic carbocycles. The van der Waals surface area contributed by atoms with Gasteiger partial charge in [-0.05, 0) is 69.3 Å². The van der Waals surface area contributed by atoms with Crippen molar-refractivity contribution in [1.29, 1.82) is 0 Å². The SMILES string of the molecule is CCNC1CC2CCCC(C1)N2c1cc(C)cc(Br)c1. The van der Waals surface area contributed by atoms with Gasteiger partial charge in [0.25, 0.3) is 0 Å². The Kier molecular flexibility index (Phi) is 4.37. The van der Waals surface area contributed by atoms with Gasteiger partial charge < -0.3 is 10.2 Å². The van der Waals surface area contributed by atoms with Crippen LogP contribution in [-0.2, 0) is 0 Å². The van der Waals surface area contributed by atoms with Crippen molar-refractivity contribution in [3.05, 3.63) is 28.2 Å². The third-order valence-electron chi connectivity index (χ3n) is 4.79. The van der Waals surface area contributed by atoms with Crippen molar-refractivity contribution in [2.45, 2.75) is 64.1 Å². The van der Waals surface area contributed by atoms with Crippen LogP contribution in [0.25, 0.3) is 0 Å². The average Bonchev–Trinajstić information content (AvgIpc) is 2.36. The van der Waals surface area contributed by atoms with E-state index in [4.69, 9.17) is 0 Å². The Labute approximate surface area is 131 Å². The van der Waals surface area contributed by atoms with Gasteiger partial charge in [0.2, 0.25) is 0 Å². The molecule has 2 nitrogen and oxygen atoms in total. The minimum absolute atomic E-state index is 0.722. The van der Waals surface area contributed by atoms with Gasteiger partial charge in [0.15, 0.2) is 0 Å². The maximum Gasteiger partial charge on any atom is 0.0385 e. The lowest BCUT2D eigenvalue weighted by Gasteiger charge is -2.50. The molecule has 2 heterocycles. The molecular formula is C17H25BrN2. The highest BCUT2D eigenvalue weighted by molar-refractivity contribution is 9.10. The van der Waals surface area contributed by atoms with Crippen molar-refractivity contribution in [1.82, 2.24) is 5.32 Å². The summed E-state index contributed by atoms with van der Waals surface area (Å²) in [7, 11) is 0. The molecule has 1 aromatic rings. The third kappa shape index (κ3) is 2.89. The van der Waals surface area contributed by atoms with Crippen LogP contribution in [0.5, 0.6) is 0 Å². The molecule has 3 rings (SSSR count). The van der Waals surface area contributed by atoms with Gasteiger partial charge in [-0.2, -0.15) is 0 Å². The zero-order chi connectivity index (χ0) is 14.1. The molecule has 2 aliphatic rings. The second-order valence-electron chi connectivity index (χ2n) is 6.36. The van der Waals surface area contributed by atoms with Crippen molar-refractivity contribution in [3.8, 4) is 0 Å². The summed E-state index contributed by atoms with van der Waals surface area (Å²) < 4.78 is 1.21. The topological polar surface area (TPSA) is 15.3 Å². The van der Waals surface area contributed by atoms with E-state index in [9.17, 15) is 0 Å². The number of hydrogen-bond acceptors (Lipinski definition) is 2. The summed E-state index contributed by atoms with van der Waals surface area (Å²) in [4.78, 5) is 2.72. The summed E-state index contributed by atoms with van der Waals surface area (Å²) in [5.74, 6) is 0.